The van der Waals surface area contributed by atoms with Crippen LogP contribution >= 0.6 is 11.6 Å². The predicted octanol–water partition coefficient (Wildman–Crippen LogP) is 2.71. The number of halogens is 1. The number of urea groups is 1. The number of carbonyl (C=O) groups is 2. The molecular weight excluding hydrogens is 438 g/mol. The van der Waals surface area contributed by atoms with Crippen LogP contribution in [-0.2, 0) is 13.0 Å². The number of carboxylic acid groups (broad SMARTS) is 1. The van der Waals surface area contributed by atoms with Crippen molar-refractivity contribution >= 4 is 29.4 Å². The monoisotopic (exact) mass is 459 g/mol. The van der Waals surface area contributed by atoms with Crippen molar-refractivity contribution in [3.05, 3.63) is 64.9 Å². The van der Waals surface area contributed by atoms with E-state index >= 15 is 0 Å². The SMILES string of the molecule is COc1ccc(C[C@H](NC(=O)Nc2ccc(Cl)cc2)c2nnn(CCNC(=O)O)n2)cc1. The molecule has 32 heavy (non-hydrogen) atoms. The normalized spacial score (nSPS) is 11.4. The Balaban J connectivity index is 1.72. The van der Waals surface area contributed by atoms with E-state index in [1.54, 1.807) is 31.4 Å². The number of benzene rings is 2. The number of carbonyl (C=O) groups excluding carboxylic acids is 1. The van der Waals surface area contributed by atoms with E-state index in [0.29, 0.717) is 28.7 Å². The molecule has 0 radical (unpaired) electrons. The molecule has 11 nitrogen and oxygen atoms in total. The van der Waals surface area contributed by atoms with Gasteiger partial charge in [-0.25, -0.2) is 9.59 Å². The summed E-state index contributed by atoms with van der Waals surface area (Å²) in [5.74, 6) is 1.01. The smallest absolute Gasteiger partial charge is 0.404 e. The highest BCUT2D eigenvalue weighted by molar-refractivity contribution is 6.30. The van der Waals surface area contributed by atoms with E-state index in [1.165, 1.54) is 4.80 Å². The van der Waals surface area contributed by atoms with Crippen LogP contribution in [0.5, 0.6) is 5.75 Å². The zero-order chi connectivity index (χ0) is 22.9. The van der Waals surface area contributed by atoms with E-state index in [0.717, 1.165) is 5.56 Å². The minimum Gasteiger partial charge on any atom is -0.497 e. The summed E-state index contributed by atoms with van der Waals surface area (Å²) in [5, 5.41) is 29.3. The van der Waals surface area contributed by atoms with Crippen molar-refractivity contribution in [3.8, 4) is 5.75 Å². The molecule has 0 aliphatic rings. The maximum Gasteiger partial charge on any atom is 0.404 e. The Kier molecular flexibility index (Phi) is 7.81. The lowest BCUT2D eigenvalue weighted by Gasteiger charge is -2.16. The molecule has 1 atom stereocenters. The van der Waals surface area contributed by atoms with Crippen molar-refractivity contribution in [2.75, 3.05) is 19.0 Å². The van der Waals surface area contributed by atoms with Crippen molar-refractivity contribution in [2.24, 2.45) is 0 Å². The number of amides is 3. The first kappa shape index (κ1) is 22.8. The second kappa shape index (κ2) is 11.0. The molecule has 2 aromatic carbocycles. The molecule has 3 amide bonds. The molecule has 4 N–H and O–H groups in total. The van der Waals surface area contributed by atoms with Gasteiger partial charge >= 0.3 is 12.1 Å². The van der Waals surface area contributed by atoms with E-state index in [9.17, 15) is 9.59 Å². The number of methoxy groups -OCH3 is 1. The fourth-order valence-electron chi connectivity index (χ4n) is 2.82. The molecule has 0 saturated carbocycles. The van der Waals surface area contributed by atoms with Gasteiger partial charge in [0.05, 0.1) is 19.7 Å². The van der Waals surface area contributed by atoms with Crippen LogP contribution in [0.4, 0.5) is 15.3 Å². The van der Waals surface area contributed by atoms with Gasteiger partial charge in [0.25, 0.3) is 0 Å². The quantitative estimate of drug-likeness (QED) is 0.385. The number of rotatable bonds is 9. The number of hydrogen-bond acceptors (Lipinski definition) is 6. The summed E-state index contributed by atoms with van der Waals surface area (Å²) >= 11 is 5.88. The zero-order valence-corrected chi connectivity index (χ0v) is 17.9. The van der Waals surface area contributed by atoms with Gasteiger partial charge in [-0.1, -0.05) is 23.7 Å². The van der Waals surface area contributed by atoms with Crippen LogP contribution in [0.25, 0.3) is 0 Å². The van der Waals surface area contributed by atoms with Gasteiger partial charge in [-0.15, -0.1) is 10.2 Å². The van der Waals surface area contributed by atoms with Crippen LogP contribution in [0.3, 0.4) is 0 Å². The lowest BCUT2D eigenvalue weighted by atomic mass is 10.1. The van der Waals surface area contributed by atoms with E-state index in [2.05, 4.69) is 31.4 Å². The predicted molar refractivity (Wildman–Crippen MR) is 117 cm³/mol. The van der Waals surface area contributed by atoms with Crippen LogP contribution in [0.2, 0.25) is 5.02 Å². The third-order valence-electron chi connectivity index (χ3n) is 4.37. The molecule has 0 unspecified atom stereocenters. The number of nitrogens with one attached hydrogen (secondary N) is 3. The van der Waals surface area contributed by atoms with Crippen molar-refractivity contribution in [1.82, 2.24) is 30.8 Å². The fraction of sp³-hybridized carbons (Fsp3) is 0.250. The van der Waals surface area contributed by atoms with Crippen LogP contribution in [0.1, 0.15) is 17.4 Å². The van der Waals surface area contributed by atoms with E-state index in [-0.39, 0.29) is 13.1 Å². The van der Waals surface area contributed by atoms with E-state index in [4.69, 9.17) is 21.4 Å². The lowest BCUT2D eigenvalue weighted by molar-refractivity contribution is 0.193. The molecule has 1 aromatic heterocycles. The number of nitrogens with zero attached hydrogens (tertiary/aromatic N) is 4. The van der Waals surface area contributed by atoms with Gasteiger partial charge in [0.2, 0.25) is 0 Å². The third-order valence-corrected chi connectivity index (χ3v) is 4.63. The highest BCUT2D eigenvalue weighted by Crippen LogP contribution is 2.19. The van der Waals surface area contributed by atoms with Gasteiger partial charge in [-0.2, -0.15) is 4.80 Å². The highest BCUT2D eigenvalue weighted by Gasteiger charge is 2.21. The van der Waals surface area contributed by atoms with Crippen molar-refractivity contribution in [2.45, 2.75) is 19.0 Å². The zero-order valence-electron chi connectivity index (χ0n) is 17.2. The Hall–Kier alpha value is -3.86. The van der Waals surface area contributed by atoms with Crippen molar-refractivity contribution < 1.29 is 19.4 Å². The lowest BCUT2D eigenvalue weighted by Crippen LogP contribution is -2.34. The molecular formula is C20H22ClN7O4. The molecule has 3 rings (SSSR count). The molecule has 0 bridgehead atoms. The average molecular weight is 460 g/mol. The molecule has 0 aliphatic carbocycles. The molecule has 0 spiro atoms. The number of aromatic nitrogens is 4. The van der Waals surface area contributed by atoms with E-state index in [1.807, 2.05) is 24.3 Å². The number of hydrogen-bond donors (Lipinski definition) is 4. The number of ether oxygens (including phenoxy) is 1. The van der Waals surface area contributed by atoms with Gasteiger partial charge < -0.3 is 25.8 Å². The molecule has 0 saturated heterocycles. The molecule has 1 heterocycles. The third kappa shape index (κ3) is 6.84. The first-order chi connectivity index (χ1) is 15.4. The number of anilines is 1. The van der Waals surface area contributed by atoms with Crippen LogP contribution in [0, 0.1) is 0 Å². The van der Waals surface area contributed by atoms with Gasteiger partial charge in [0.1, 0.15) is 5.75 Å². The molecule has 3 aromatic rings. The van der Waals surface area contributed by atoms with Gasteiger partial charge in [0, 0.05) is 23.7 Å². The minimum absolute atomic E-state index is 0.124. The average Bonchev–Trinajstić information content (AvgIpc) is 3.24. The second-order valence-corrected chi connectivity index (χ2v) is 7.12. The summed E-state index contributed by atoms with van der Waals surface area (Å²) in [6.45, 7) is 0.324. The van der Waals surface area contributed by atoms with Crippen LogP contribution < -0.4 is 20.7 Å². The largest absolute Gasteiger partial charge is 0.497 e. The van der Waals surface area contributed by atoms with Crippen molar-refractivity contribution in [1.29, 1.82) is 0 Å². The molecule has 0 aliphatic heterocycles. The molecule has 0 fully saturated rings. The Morgan fingerprint density at radius 1 is 1.16 bits per heavy atom. The maximum absolute atomic E-state index is 12.6. The first-order valence-electron chi connectivity index (χ1n) is 9.63. The summed E-state index contributed by atoms with van der Waals surface area (Å²) in [5.41, 5.74) is 1.50. The second-order valence-electron chi connectivity index (χ2n) is 6.69. The Morgan fingerprint density at radius 2 is 1.88 bits per heavy atom. The Bertz CT molecular complexity index is 1040. The maximum atomic E-state index is 12.6. The molecule has 168 valence electrons. The summed E-state index contributed by atoms with van der Waals surface area (Å²) in [6.07, 6.45) is -0.736. The topological polar surface area (TPSA) is 143 Å². The van der Waals surface area contributed by atoms with Gasteiger partial charge in [-0.05, 0) is 47.2 Å². The standard InChI is InChI=1S/C20H22ClN7O4/c1-32-16-8-2-13(3-9-16)12-17(18-25-27-28(26-18)11-10-22-20(30)31)24-19(29)23-15-6-4-14(21)5-7-15/h2-9,17,22H,10-12H2,1H3,(H,30,31)(H2,23,24,29)/t17-/m0/s1. The first-order valence-corrected chi connectivity index (χ1v) is 10.0. The summed E-state index contributed by atoms with van der Waals surface area (Å²) in [6, 6.07) is 13.1. The van der Waals surface area contributed by atoms with E-state index < -0.39 is 18.2 Å². The highest BCUT2D eigenvalue weighted by atomic mass is 35.5. The Morgan fingerprint density at radius 3 is 2.53 bits per heavy atom. The van der Waals surface area contributed by atoms with Gasteiger partial charge in [-0.3, -0.25) is 0 Å². The summed E-state index contributed by atoms with van der Waals surface area (Å²) < 4.78 is 5.18. The van der Waals surface area contributed by atoms with Gasteiger partial charge in [0.15, 0.2) is 5.82 Å². The number of tetrazole rings is 1. The summed E-state index contributed by atoms with van der Waals surface area (Å²) in [4.78, 5) is 24.5. The Labute approximate surface area is 188 Å². The van der Waals surface area contributed by atoms with Crippen LogP contribution in [0.15, 0.2) is 48.5 Å². The fourth-order valence-corrected chi connectivity index (χ4v) is 2.94. The van der Waals surface area contributed by atoms with Crippen molar-refractivity contribution in [3.63, 3.8) is 0 Å². The van der Waals surface area contributed by atoms with Crippen LogP contribution in [-0.4, -0.2) is 51.1 Å². The minimum atomic E-state index is -1.14. The molecule has 12 heteroatoms. The summed E-state index contributed by atoms with van der Waals surface area (Å²) in [7, 11) is 1.59.